The Morgan fingerprint density at radius 2 is 2.58 bits per heavy atom. The largest absolute Gasteiger partial charge is 0.297 e. The molecule has 12 heavy (non-hydrogen) atoms. The highest BCUT2D eigenvalue weighted by molar-refractivity contribution is 7.17. The highest BCUT2D eigenvalue weighted by Crippen LogP contribution is 2.17. The molecule has 0 fully saturated rings. The number of rotatable bonds is 3. The van der Waals surface area contributed by atoms with Crippen LogP contribution in [0.3, 0.4) is 0 Å². The highest BCUT2D eigenvalue weighted by Gasteiger charge is 2.00. The van der Waals surface area contributed by atoms with Gasteiger partial charge in [-0.05, 0) is 12.8 Å². The lowest BCUT2D eigenvalue weighted by Crippen LogP contribution is -1.78. The Morgan fingerprint density at radius 3 is 3.33 bits per heavy atom. The van der Waals surface area contributed by atoms with Gasteiger partial charge in [-0.15, -0.1) is 11.3 Å². The molecular weight excluding hydrogens is 168 g/mol. The van der Waals surface area contributed by atoms with Gasteiger partial charge in [-0.25, -0.2) is 4.98 Å². The van der Waals surface area contributed by atoms with Crippen LogP contribution in [0.4, 0.5) is 0 Å². The maximum Gasteiger partial charge on any atom is 0.194 e. The van der Waals surface area contributed by atoms with Crippen LogP contribution in [0.5, 0.6) is 0 Å². The zero-order valence-electron chi connectivity index (χ0n) is 7.08. The molecule has 2 heterocycles. The molecule has 3 heteroatoms. The molecule has 2 nitrogen and oxygen atoms in total. The van der Waals surface area contributed by atoms with Gasteiger partial charge in [0.2, 0.25) is 0 Å². The van der Waals surface area contributed by atoms with Crippen molar-refractivity contribution < 1.29 is 0 Å². The molecule has 0 unspecified atom stereocenters. The number of unbranched alkanes of at least 4 members (excludes halogenated alkanes) is 1. The van der Waals surface area contributed by atoms with Crippen LogP contribution < -0.4 is 0 Å². The Balaban J connectivity index is 2.21. The molecule has 0 bridgehead atoms. The first kappa shape index (κ1) is 7.80. The SMILES string of the molecule is CCCCc1cn2c[c]nc2s1. The molecule has 0 aliphatic carbocycles. The van der Waals surface area contributed by atoms with E-state index in [1.54, 1.807) is 11.3 Å². The first-order chi connectivity index (χ1) is 5.90. The van der Waals surface area contributed by atoms with Gasteiger partial charge in [0.15, 0.2) is 4.96 Å². The number of imidazole rings is 1. The molecule has 63 valence electrons. The second-order valence-electron chi connectivity index (χ2n) is 2.86. The summed E-state index contributed by atoms with van der Waals surface area (Å²) >= 11 is 1.76. The minimum absolute atomic E-state index is 1.06. The van der Waals surface area contributed by atoms with E-state index in [1.165, 1.54) is 24.1 Å². The van der Waals surface area contributed by atoms with E-state index in [4.69, 9.17) is 0 Å². The molecule has 2 aromatic rings. The monoisotopic (exact) mass is 179 g/mol. The summed E-state index contributed by atoms with van der Waals surface area (Å²) in [4.78, 5) is 6.58. The summed E-state index contributed by atoms with van der Waals surface area (Å²) in [5, 5.41) is 0. The second-order valence-corrected chi connectivity index (χ2v) is 3.95. The standard InChI is InChI=1S/C9H11N2S/c1-2-3-4-8-7-11-6-5-10-9(11)12-8/h6-7H,2-4H2,1H3. The van der Waals surface area contributed by atoms with Crippen molar-refractivity contribution >= 4 is 16.3 Å². The minimum Gasteiger partial charge on any atom is -0.297 e. The van der Waals surface area contributed by atoms with E-state index in [0.29, 0.717) is 0 Å². The van der Waals surface area contributed by atoms with E-state index in [0.717, 1.165) is 4.96 Å². The van der Waals surface area contributed by atoms with E-state index in [2.05, 4.69) is 24.3 Å². The number of aryl methyl sites for hydroxylation is 1. The summed E-state index contributed by atoms with van der Waals surface area (Å²) in [6.07, 6.45) is 10.6. The molecule has 0 amide bonds. The summed E-state index contributed by atoms with van der Waals surface area (Å²) in [5.74, 6) is 0. The van der Waals surface area contributed by atoms with Crippen LogP contribution in [-0.2, 0) is 6.42 Å². The third kappa shape index (κ3) is 1.37. The van der Waals surface area contributed by atoms with Crippen molar-refractivity contribution in [2.45, 2.75) is 26.2 Å². The van der Waals surface area contributed by atoms with Crippen molar-refractivity contribution in [2.75, 3.05) is 0 Å². The average molecular weight is 179 g/mol. The lowest BCUT2D eigenvalue weighted by Gasteiger charge is -1.90. The Hall–Kier alpha value is -0.830. The predicted molar refractivity (Wildman–Crippen MR) is 50.5 cm³/mol. The van der Waals surface area contributed by atoms with Crippen molar-refractivity contribution in [3.05, 3.63) is 23.5 Å². The number of fused-ring (bicyclic) bond motifs is 1. The van der Waals surface area contributed by atoms with Gasteiger partial charge in [0.25, 0.3) is 0 Å². The van der Waals surface area contributed by atoms with Gasteiger partial charge in [-0.3, -0.25) is 4.40 Å². The predicted octanol–water partition coefficient (Wildman–Crippen LogP) is 2.54. The third-order valence-electron chi connectivity index (χ3n) is 1.86. The van der Waals surface area contributed by atoms with E-state index in [-0.39, 0.29) is 0 Å². The number of nitrogens with zero attached hydrogens (tertiary/aromatic N) is 2. The Bertz CT molecular complexity index is 333. The molecule has 2 rings (SSSR count). The Labute approximate surface area is 75.9 Å². The fraction of sp³-hybridized carbons (Fsp3) is 0.444. The van der Waals surface area contributed by atoms with E-state index < -0.39 is 0 Å². The van der Waals surface area contributed by atoms with E-state index in [1.807, 2.05) is 10.6 Å². The molecule has 0 atom stereocenters. The first-order valence-corrected chi connectivity index (χ1v) is 5.05. The maximum atomic E-state index is 4.10. The van der Waals surface area contributed by atoms with Crippen LogP contribution >= 0.6 is 11.3 Å². The van der Waals surface area contributed by atoms with Crippen LogP contribution in [-0.4, -0.2) is 9.38 Å². The molecule has 0 spiro atoms. The summed E-state index contributed by atoms with van der Waals surface area (Å²) in [5.41, 5.74) is 0. The Morgan fingerprint density at radius 1 is 1.67 bits per heavy atom. The Kier molecular flexibility index (Phi) is 2.13. The van der Waals surface area contributed by atoms with Gasteiger partial charge >= 0.3 is 0 Å². The molecule has 0 aliphatic rings. The van der Waals surface area contributed by atoms with Crippen molar-refractivity contribution in [3.63, 3.8) is 0 Å². The molecule has 2 aromatic heterocycles. The summed E-state index contributed by atoms with van der Waals surface area (Å²) in [7, 11) is 0. The van der Waals surface area contributed by atoms with Crippen LogP contribution in [0.15, 0.2) is 12.4 Å². The fourth-order valence-corrected chi connectivity index (χ4v) is 2.15. The van der Waals surface area contributed by atoms with Gasteiger partial charge < -0.3 is 0 Å². The first-order valence-electron chi connectivity index (χ1n) is 4.23. The molecule has 0 aliphatic heterocycles. The van der Waals surface area contributed by atoms with E-state index in [9.17, 15) is 0 Å². The topological polar surface area (TPSA) is 17.3 Å². The summed E-state index contributed by atoms with van der Waals surface area (Å²) < 4.78 is 2.04. The van der Waals surface area contributed by atoms with Gasteiger partial charge in [-0.2, -0.15) is 0 Å². The molecule has 0 aromatic carbocycles. The number of hydrogen-bond acceptors (Lipinski definition) is 2. The molecule has 0 saturated heterocycles. The van der Waals surface area contributed by atoms with Crippen molar-refractivity contribution in [2.24, 2.45) is 0 Å². The fourth-order valence-electron chi connectivity index (χ4n) is 1.19. The summed E-state index contributed by atoms with van der Waals surface area (Å²) in [6, 6.07) is 0. The van der Waals surface area contributed by atoms with Crippen LogP contribution in [0.25, 0.3) is 4.96 Å². The van der Waals surface area contributed by atoms with Crippen molar-refractivity contribution in [1.82, 2.24) is 9.38 Å². The number of thiazole rings is 1. The number of aromatic nitrogens is 2. The van der Waals surface area contributed by atoms with Crippen LogP contribution in [0, 0.1) is 6.20 Å². The van der Waals surface area contributed by atoms with Gasteiger partial charge in [0, 0.05) is 17.3 Å². The lowest BCUT2D eigenvalue weighted by atomic mass is 10.2. The van der Waals surface area contributed by atoms with E-state index >= 15 is 0 Å². The minimum atomic E-state index is 1.06. The zero-order chi connectivity index (χ0) is 8.39. The second kappa shape index (κ2) is 3.27. The van der Waals surface area contributed by atoms with Crippen LogP contribution in [0.1, 0.15) is 24.6 Å². The van der Waals surface area contributed by atoms with Gasteiger partial charge in [0.1, 0.15) is 6.20 Å². The quantitative estimate of drug-likeness (QED) is 0.707. The van der Waals surface area contributed by atoms with Crippen LogP contribution in [0.2, 0.25) is 0 Å². The zero-order valence-corrected chi connectivity index (χ0v) is 7.90. The number of hydrogen-bond donors (Lipinski definition) is 0. The average Bonchev–Trinajstić information content (AvgIpc) is 2.58. The molecule has 0 N–H and O–H groups in total. The van der Waals surface area contributed by atoms with Crippen molar-refractivity contribution in [1.29, 1.82) is 0 Å². The lowest BCUT2D eigenvalue weighted by molar-refractivity contribution is 0.802. The smallest absolute Gasteiger partial charge is 0.194 e. The van der Waals surface area contributed by atoms with Gasteiger partial charge in [0.05, 0.1) is 0 Å². The van der Waals surface area contributed by atoms with Crippen molar-refractivity contribution in [3.8, 4) is 0 Å². The van der Waals surface area contributed by atoms with Gasteiger partial charge in [-0.1, -0.05) is 13.3 Å². The third-order valence-corrected chi connectivity index (χ3v) is 2.92. The molecule has 0 saturated carbocycles. The summed E-state index contributed by atoms with van der Waals surface area (Å²) in [6.45, 7) is 2.21. The molecular formula is C9H11N2S. The molecule has 1 radical (unpaired) electrons. The normalized spacial score (nSPS) is 11.1. The maximum absolute atomic E-state index is 4.10. The highest BCUT2D eigenvalue weighted by atomic mass is 32.1.